The molecule has 0 spiro atoms. The van der Waals surface area contributed by atoms with Gasteiger partial charge in [0.25, 0.3) is 0 Å². The summed E-state index contributed by atoms with van der Waals surface area (Å²) in [7, 11) is 0. The van der Waals surface area contributed by atoms with Crippen molar-refractivity contribution < 1.29 is 29.0 Å². The molecule has 2 aliphatic rings. The third-order valence-corrected chi connectivity index (χ3v) is 6.25. The Morgan fingerprint density at radius 2 is 1.74 bits per heavy atom. The molecule has 2 amide bonds. The Labute approximate surface area is 197 Å². The molecule has 8 heteroatoms. The molecule has 2 aromatic rings. The zero-order chi connectivity index (χ0) is 24.0. The first-order valence-electron chi connectivity index (χ1n) is 11.2. The minimum absolute atomic E-state index is 0.0435. The van der Waals surface area contributed by atoms with E-state index >= 15 is 0 Å². The Kier molecular flexibility index (Phi) is 7.14. The van der Waals surface area contributed by atoms with E-state index in [-0.39, 0.29) is 38.1 Å². The highest BCUT2D eigenvalue weighted by Crippen LogP contribution is 2.44. The zero-order valence-corrected chi connectivity index (χ0v) is 18.6. The van der Waals surface area contributed by atoms with Gasteiger partial charge in [-0.1, -0.05) is 54.5 Å². The van der Waals surface area contributed by atoms with Crippen LogP contribution >= 0.6 is 0 Å². The van der Waals surface area contributed by atoms with Gasteiger partial charge in [0.2, 0.25) is 5.91 Å². The SMILES string of the molecule is O=C(O)C#CCNC(=O)C1(CNC(=O)OCC2c3ccccc3-c3ccccc32)CCCOC1. The van der Waals surface area contributed by atoms with Crippen LogP contribution in [0.15, 0.2) is 48.5 Å². The Morgan fingerprint density at radius 3 is 2.35 bits per heavy atom. The number of ether oxygens (including phenoxy) is 2. The van der Waals surface area contributed by atoms with Crippen LogP contribution in [0.4, 0.5) is 4.79 Å². The number of carbonyl (C=O) groups is 3. The fourth-order valence-electron chi connectivity index (χ4n) is 4.57. The first-order chi connectivity index (χ1) is 16.5. The van der Waals surface area contributed by atoms with Crippen molar-refractivity contribution in [1.29, 1.82) is 0 Å². The fraction of sp³-hybridized carbons (Fsp3) is 0.346. The van der Waals surface area contributed by atoms with E-state index in [1.165, 1.54) is 0 Å². The summed E-state index contributed by atoms with van der Waals surface area (Å²) in [5, 5.41) is 13.9. The van der Waals surface area contributed by atoms with Crippen molar-refractivity contribution in [1.82, 2.24) is 10.6 Å². The molecule has 2 aromatic carbocycles. The molecular weight excluding hydrogens is 436 g/mol. The van der Waals surface area contributed by atoms with Gasteiger partial charge in [0.1, 0.15) is 6.61 Å². The average Bonchev–Trinajstić information content (AvgIpc) is 3.18. The number of aliphatic carboxylic acids is 1. The Bertz CT molecular complexity index is 1100. The standard InChI is InChI=1S/C26H26N2O6/c29-23(30)11-5-13-27-24(31)26(12-6-14-33-17-26)16-28-25(32)34-15-22-20-9-3-1-7-18(20)19-8-2-4-10-21(19)22/h1-4,7-10,22H,6,12-17H2,(H,27,31)(H,28,32)(H,29,30). The number of carboxylic acids is 1. The van der Waals surface area contributed by atoms with Crippen molar-refractivity contribution in [2.24, 2.45) is 5.41 Å². The van der Waals surface area contributed by atoms with Gasteiger partial charge in [-0.15, -0.1) is 0 Å². The van der Waals surface area contributed by atoms with E-state index < -0.39 is 17.5 Å². The number of hydrogen-bond donors (Lipinski definition) is 3. The second kappa shape index (κ2) is 10.4. The van der Waals surface area contributed by atoms with Crippen LogP contribution < -0.4 is 10.6 Å². The van der Waals surface area contributed by atoms with Crippen LogP contribution in [0, 0.1) is 17.3 Å². The molecule has 0 aromatic heterocycles. The number of carboxylic acid groups (broad SMARTS) is 1. The molecule has 8 nitrogen and oxygen atoms in total. The lowest BCUT2D eigenvalue weighted by molar-refractivity contribution is -0.138. The molecule has 4 rings (SSSR count). The summed E-state index contributed by atoms with van der Waals surface area (Å²) in [6.45, 7) is 0.813. The number of amides is 2. The molecule has 1 aliphatic heterocycles. The van der Waals surface area contributed by atoms with Crippen LogP contribution in [0.1, 0.15) is 29.9 Å². The number of hydrogen-bond acceptors (Lipinski definition) is 5. The first kappa shape index (κ1) is 23.3. The zero-order valence-electron chi connectivity index (χ0n) is 18.6. The third kappa shape index (κ3) is 5.05. The predicted molar refractivity (Wildman–Crippen MR) is 124 cm³/mol. The van der Waals surface area contributed by atoms with Crippen LogP contribution in [-0.4, -0.2) is 56.0 Å². The molecule has 1 heterocycles. The van der Waals surface area contributed by atoms with Gasteiger partial charge in [0, 0.05) is 25.0 Å². The van der Waals surface area contributed by atoms with Crippen molar-refractivity contribution in [2.75, 3.05) is 32.9 Å². The maximum Gasteiger partial charge on any atom is 0.407 e. The van der Waals surface area contributed by atoms with Crippen LogP contribution in [0.2, 0.25) is 0 Å². The Balaban J connectivity index is 1.36. The number of nitrogens with one attached hydrogen (secondary N) is 2. The monoisotopic (exact) mass is 462 g/mol. The molecule has 1 aliphatic carbocycles. The van der Waals surface area contributed by atoms with E-state index in [2.05, 4.69) is 28.7 Å². The smallest absolute Gasteiger partial charge is 0.407 e. The molecule has 0 radical (unpaired) electrons. The highest BCUT2D eigenvalue weighted by Gasteiger charge is 2.41. The van der Waals surface area contributed by atoms with Gasteiger partial charge in [-0.25, -0.2) is 9.59 Å². The summed E-state index contributed by atoms with van der Waals surface area (Å²) in [6, 6.07) is 16.2. The number of alkyl carbamates (subject to hydrolysis) is 1. The van der Waals surface area contributed by atoms with Crippen molar-refractivity contribution >= 4 is 18.0 Å². The highest BCUT2D eigenvalue weighted by atomic mass is 16.5. The van der Waals surface area contributed by atoms with E-state index in [1.807, 2.05) is 42.3 Å². The lowest BCUT2D eigenvalue weighted by atomic mass is 9.81. The van der Waals surface area contributed by atoms with Crippen molar-refractivity contribution in [2.45, 2.75) is 18.8 Å². The highest BCUT2D eigenvalue weighted by molar-refractivity contribution is 5.87. The average molecular weight is 463 g/mol. The quantitative estimate of drug-likeness (QED) is 0.569. The van der Waals surface area contributed by atoms with Gasteiger partial charge < -0.3 is 25.2 Å². The molecular formula is C26H26N2O6. The molecule has 1 atom stereocenters. The Morgan fingerprint density at radius 1 is 1.06 bits per heavy atom. The second-order valence-electron chi connectivity index (χ2n) is 8.41. The molecule has 1 saturated heterocycles. The van der Waals surface area contributed by atoms with Crippen LogP contribution in [0.5, 0.6) is 0 Å². The number of carbonyl (C=O) groups excluding carboxylic acids is 2. The molecule has 1 unspecified atom stereocenters. The molecule has 3 N–H and O–H groups in total. The van der Waals surface area contributed by atoms with Crippen molar-refractivity contribution in [3.05, 3.63) is 59.7 Å². The summed E-state index contributed by atoms with van der Waals surface area (Å²) in [4.78, 5) is 35.9. The van der Waals surface area contributed by atoms with E-state index in [1.54, 1.807) is 0 Å². The van der Waals surface area contributed by atoms with Crippen molar-refractivity contribution in [3.63, 3.8) is 0 Å². The van der Waals surface area contributed by atoms with Crippen LogP contribution in [0.3, 0.4) is 0 Å². The summed E-state index contributed by atoms with van der Waals surface area (Å²) in [5.74, 6) is 2.67. The number of fused-ring (bicyclic) bond motifs is 3. The minimum Gasteiger partial charge on any atom is -0.472 e. The van der Waals surface area contributed by atoms with E-state index in [9.17, 15) is 14.4 Å². The van der Waals surface area contributed by atoms with Crippen LogP contribution in [0.25, 0.3) is 11.1 Å². The predicted octanol–water partition coefficient (Wildman–Crippen LogP) is 2.53. The van der Waals surface area contributed by atoms with E-state index in [4.69, 9.17) is 14.6 Å². The van der Waals surface area contributed by atoms with Crippen LogP contribution in [-0.2, 0) is 19.1 Å². The van der Waals surface area contributed by atoms with Gasteiger partial charge in [-0.3, -0.25) is 4.79 Å². The lowest BCUT2D eigenvalue weighted by Gasteiger charge is -2.35. The van der Waals surface area contributed by atoms with Gasteiger partial charge in [0.05, 0.1) is 18.6 Å². The van der Waals surface area contributed by atoms with Gasteiger partial charge >= 0.3 is 12.1 Å². The topological polar surface area (TPSA) is 114 Å². The maximum atomic E-state index is 12.8. The number of benzene rings is 2. The fourth-order valence-corrected chi connectivity index (χ4v) is 4.57. The first-order valence-corrected chi connectivity index (χ1v) is 11.2. The molecule has 176 valence electrons. The molecule has 1 fully saturated rings. The summed E-state index contributed by atoms with van der Waals surface area (Å²) < 4.78 is 11.1. The summed E-state index contributed by atoms with van der Waals surface area (Å²) in [5.41, 5.74) is 3.57. The minimum atomic E-state index is -1.26. The van der Waals surface area contributed by atoms with E-state index in [0.29, 0.717) is 19.4 Å². The Hall–Kier alpha value is -3.83. The largest absolute Gasteiger partial charge is 0.472 e. The van der Waals surface area contributed by atoms with Gasteiger partial charge in [-0.05, 0) is 35.1 Å². The number of rotatable bonds is 6. The van der Waals surface area contributed by atoms with Gasteiger partial charge in [0.15, 0.2) is 0 Å². The van der Waals surface area contributed by atoms with E-state index in [0.717, 1.165) is 22.3 Å². The van der Waals surface area contributed by atoms with Gasteiger partial charge in [-0.2, -0.15) is 0 Å². The normalized spacial score (nSPS) is 18.6. The maximum absolute atomic E-state index is 12.8. The summed E-state index contributed by atoms with van der Waals surface area (Å²) >= 11 is 0. The molecule has 0 bridgehead atoms. The molecule has 0 saturated carbocycles. The summed E-state index contributed by atoms with van der Waals surface area (Å²) in [6.07, 6.45) is 0.584. The third-order valence-electron chi connectivity index (χ3n) is 6.25. The molecule has 34 heavy (non-hydrogen) atoms. The lowest BCUT2D eigenvalue weighted by Crippen LogP contribution is -2.53. The second-order valence-corrected chi connectivity index (χ2v) is 8.41. The van der Waals surface area contributed by atoms with Crippen molar-refractivity contribution in [3.8, 4) is 23.0 Å².